The molecule has 0 saturated heterocycles. The summed E-state index contributed by atoms with van der Waals surface area (Å²) in [5.74, 6) is 8.00. The van der Waals surface area contributed by atoms with Crippen molar-refractivity contribution in [3.05, 3.63) is 47.0 Å². The normalized spacial score (nSPS) is 19.4. The number of benzene rings is 1. The zero-order valence-corrected chi connectivity index (χ0v) is 16.6. The van der Waals surface area contributed by atoms with E-state index in [1.807, 2.05) is 0 Å². The summed E-state index contributed by atoms with van der Waals surface area (Å²) in [6.07, 6.45) is 13.8. The van der Waals surface area contributed by atoms with Crippen LogP contribution < -0.4 is 0 Å². The molecule has 2 nitrogen and oxygen atoms in total. The third-order valence-corrected chi connectivity index (χ3v) is 5.62. The molecule has 0 spiro atoms. The molecule has 4 heteroatoms. The second-order valence-electron chi connectivity index (χ2n) is 7.41. The summed E-state index contributed by atoms with van der Waals surface area (Å²) in [5.41, 5.74) is 1.41. The van der Waals surface area contributed by atoms with Crippen molar-refractivity contribution in [1.82, 2.24) is 9.97 Å². The van der Waals surface area contributed by atoms with Crippen molar-refractivity contribution in [2.24, 2.45) is 11.8 Å². The van der Waals surface area contributed by atoms with Gasteiger partial charge in [-0.2, -0.15) is 0 Å². The second kappa shape index (κ2) is 9.85. The minimum Gasteiger partial charge on any atom is -0.235 e. The van der Waals surface area contributed by atoms with Gasteiger partial charge in [0.05, 0.1) is 10.6 Å². The van der Waals surface area contributed by atoms with Crippen molar-refractivity contribution in [3.63, 3.8) is 0 Å². The highest BCUT2D eigenvalue weighted by molar-refractivity contribution is 6.30. The molecule has 3 rings (SSSR count). The van der Waals surface area contributed by atoms with Crippen LogP contribution >= 0.6 is 11.6 Å². The average molecular weight is 385 g/mol. The number of nitrogens with zero attached hydrogens (tertiary/aromatic N) is 2. The molecule has 0 unspecified atom stereocenters. The van der Waals surface area contributed by atoms with Crippen molar-refractivity contribution in [2.45, 2.75) is 58.3 Å². The third-order valence-electron chi connectivity index (χ3n) is 5.31. The Morgan fingerprint density at radius 3 is 2.52 bits per heavy atom. The number of hydrogen-bond acceptors (Lipinski definition) is 2. The Bertz CT molecular complexity index is 799. The van der Waals surface area contributed by atoms with Gasteiger partial charge < -0.3 is 0 Å². The van der Waals surface area contributed by atoms with Gasteiger partial charge in [-0.1, -0.05) is 56.0 Å². The number of rotatable bonds is 5. The quantitative estimate of drug-likeness (QED) is 0.424. The van der Waals surface area contributed by atoms with Crippen molar-refractivity contribution in [1.29, 1.82) is 0 Å². The molecule has 142 valence electrons. The highest BCUT2D eigenvalue weighted by Gasteiger charge is 2.19. The summed E-state index contributed by atoms with van der Waals surface area (Å²) < 4.78 is 13.6. The van der Waals surface area contributed by atoms with Crippen LogP contribution in [0.3, 0.4) is 0 Å². The van der Waals surface area contributed by atoms with Crippen molar-refractivity contribution in [2.75, 3.05) is 0 Å². The van der Waals surface area contributed by atoms with Gasteiger partial charge >= 0.3 is 0 Å². The summed E-state index contributed by atoms with van der Waals surface area (Å²) in [4.78, 5) is 8.63. The fourth-order valence-corrected chi connectivity index (χ4v) is 3.76. The first kappa shape index (κ1) is 19.8. The average Bonchev–Trinajstić information content (AvgIpc) is 2.70. The summed E-state index contributed by atoms with van der Waals surface area (Å²) >= 11 is 5.71. The molecule has 1 aromatic heterocycles. The molecule has 1 fully saturated rings. The van der Waals surface area contributed by atoms with Crippen molar-refractivity contribution in [3.8, 4) is 23.2 Å². The van der Waals surface area contributed by atoms with Gasteiger partial charge in [-0.05, 0) is 49.8 Å². The standard InChI is InChI=1S/C23H26ClFN2/c1-2-3-4-5-17-6-8-18(9-7-17)10-11-19-15-26-23(27-16-19)20-12-13-21(24)22(25)14-20/h12-18H,2-9H2,1H3. The van der Waals surface area contributed by atoms with Gasteiger partial charge in [-0.25, -0.2) is 14.4 Å². The van der Waals surface area contributed by atoms with Crippen molar-refractivity contribution < 1.29 is 4.39 Å². The highest BCUT2D eigenvalue weighted by atomic mass is 35.5. The lowest BCUT2D eigenvalue weighted by atomic mass is 9.80. The Hall–Kier alpha value is -1.92. The largest absolute Gasteiger partial charge is 0.235 e. The number of halogens is 2. The van der Waals surface area contributed by atoms with E-state index in [4.69, 9.17) is 11.6 Å². The van der Waals surface area contributed by atoms with E-state index < -0.39 is 5.82 Å². The Balaban J connectivity index is 1.54. The predicted octanol–water partition coefficient (Wildman–Crippen LogP) is 6.67. The van der Waals surface area contributed by atoms with Crippen LogP contribution in [0.25, 0.3) is 11.4 Å². The van der Waals surface area contributed by atoms with Gasteiger partial charge in [-0.15, -0.1) is 0 Å². The summed E-state index contributed by atoms with van der Waals surface area (Å²) in [6, 6.07) is 4.58. The van der Waals surface area contributed by atoms with Crippen molar-refractivity contribution >= 4 is 11.6 Å². The van der Waals surface area contributed by atoms with Crippen LogP contribution in [-0.2, 0) is 0 Å². The molecule has 1 aliphatic rings. The van der Waals surface area contributed by atoms with Crippen LogP contribution in [-0.4, -0.2) is 9.97 Å². The molecule has 0 atom stereocenters. The molecule has 0 amide bonds. The zero-order valence-electron chi connectivity index (χ0n) is 15.8. The summed E-state index contributed by atoms with van der Waals surface area (Å²) in [7, 11) is 0. The van der Waals surface area contributed by atoms with E-state index in [-0.39, 0.29) is 5.02 Å². The van der Waals surface area contributed by atoms with E-state index >= 15 is 0 Å². The van der Waals surface area contributed by atoms with E-state index in [0.29, 0.717) is 17.3 Å². The second-order valence-corrected chi connectivity index (χ2v) is 7.81. The van der Waals surface area contributed by atoms with Gasteiger partial charge in [0.1, 0.15) is 5.82 Å². The molecule has 1 aliphatic carbocycles. The molecular weight excluding hydrogens is 359 g/mol. The Labute approximate surface area is 166 Å². The van der Waals surface area contributed by atoms with E-state index in [2.05, 4.69) is 28.7 Å². The smallest absolute Gasteiger partial charge is 0.159 e. The zero-order chi connectivity index (χ0) is 19.1. The SMILES string of the molecule is CCCCCC1CCC(C#Cc2cnc(-c3ccc(Cl)c(F)c3)nc2)CC1. The van der Waals surface area contributed by atoms with Crippen LogP contribution in [0, 0.1) is 29.5 Å². The summed E-state index contributed by atoms with van der Waals surface area (Å²) in [6.45, 7) is 2.26. The topological polar surface area (TPSA) is 25.8 Å². The van der Waals surface area contributed by atoms with Gasteiger partial charge in [-0.3, -0.25) is 0 Å². The van der Waals surface area contributed by atoms with Gasteiger partial charge in [0, 0.05) is 23.9 Å². The van der Waals surface area contributed by atoms with Gasteiger partial charge in [0.15, 0.2) is 5.82 Å². The highest BCUT2D eigenvalue weighted by Crippen LogP contribution is 2.31. The van der Waals surface area contributed by atoms with E-state index in [0.717, 1.165) is 11.5 Å². The van der Waals surface area contributed by atoms with Crippen LogP contribution in [0.15, 0.2) is 30.6 Å². The maximum atomic E-state index is 13.6. The molecule has 1 saturated carbocycles. The molecule has 0 aliphatic heterocycles. The fraction of sp³-hybridized carbons (Fsp3) is 0.478. The van der Waals surface area contributed by atoms with E-state index in [1.165, 1.54) is 63.5 Å². The third kappa shape index (κ3) is 5.78. The lowest BCUT2D eigenvalue weighted by molar-refractivity contribution is 0.294. The molecule has 27 heavy (non-hydrogen) atoms. The first-order chi connectivity index (χ1) is 13.2. The Morgan fingerprint density at radius 1 is 1.11 bits per heavy atom. The van der Waals surface area contributed by atoms with Crippen LogP contribution in [0.5, 0.6) is 0 Å². The molecule has 0 N–H and O–H groups in total. The Morgan fingerprint density at radius 2 is 1.85 bits per heavy atom. The van der Waals surface area contributed by atoms with E-state index in [1.54, 1.807) is 18.5 Å². The number of unbranched alkanes of at least 4 members (excludes halogenated alkanes) is 2. The fourth-order valence-electron chi connectivity index (χ4n) is 3.64. The minimum atomic E-state index is -0.466. The molecule has 0 bridgehead atoms. The maximum absolute atomic E-state index is 13.6. The van der Waals surface area contributed by atoms with Gasteiger partial charge in [0.2, 0.25) is 0 Å². The van der Waals surface area contributed by atoms with Crippen LogP contribution in [0.4, 0.5) is 4.39 Å². The monoisotopic (exact) mass is 384 g/mol. The molecule has 1 aromatic carbocycles. The Kier molecular flexibility index (Phi) is 7.24. The first-order valence-corrected chi connectivity index (χ1v) is 10.3. The predicted molar refractivity (Wildman–Crippen MR) is 109 cm³/mol. The van der Waals surface area contributed by atoms with Gasteiger partial charge in [0.25, 0.3) is 0 Å². The van der Waals surface area contributed by atoms with Crippen LogP contribution in [0.1, 0.15) is 63.9 Å². The lowest BCUT2D eigenvalue weighted by Gasteiger charge is -2.25. The van der Waals surface area contributed by atoms with Crippen LogP contribution in [0.2, 0.25) is 5.02 Å². The number of hydrogen-bond donors (Lipinski definition) is 0. The molecule has 1 heterocycles. The minimum absolute atomic E-state index is 0.0984. The lowest BCUT2D eigenvalue weighted by Crippen LogP contribution is -2.13. The maximum Gasteiger partial charge on any atom is 0.159 e. The first-order valence-electron chi connectivity index (χ1n) is 9.94. The molecule has 2 aromatic rings. The molecule has 0 radical (unpaired) electrons. The molecular formula is C23H26ClFN2. The van der Waals surface area contributed by atoms with E-state index in [9.17, 15) is 4.39 Å². The summed E-state index contributed by atoms with van der Waals surface area (Å²) in [5, 5.41) is 0.0984. The number of aromatic nitrogens is 2.